The molecule has 1 N–H and O–H groups in total. The predicted octanol–water partition coefficient (Wildman–Crippen LogP) is 1.86. The molecule has 2 heterocycles. The number of nitrogens with zero attached hydrogens (tertiary/aromatic N) is 2. The lowest BCUT2D eigenvalue weighted by Gasteiger charge is -2.32. The average molecular weight is 456 g/mol. The molecule has 162 valence electrons. The first-order chi connectivity index (χ1) is 14.2. The Morgan fingerprint density at radius 2 is 1.80 bits per heavy atom. The van der Waals surface area contributed by atoms with Crippen LogP contribution in [0.1, 0.15) is 10.4 Å². The molecular weight excluding hydrogens is 433 g/mol. The van der Waals surface area contributed by atoms with Crippen LogP contribution in [0.4, 0.5) is 9.39 Å². The highest BCUT2D eigenvalue weighted by Gasteiger charge is 2.26. The van der Waals surface area contributed by atoms with Crippen LogP contribution in [0, 0.1) is 5.82 Å². The lowest BCUT2D eigenvalue weighted by Crippen LogP contribution is -2.50. The largest absolute Gasteiger partial charge is 0.465 e. The number of hydrogen-bond acceptors (Lipinski definition) is 7. The molecule has 0 aliphatic carbocycles. The number of esters is 1. The summed E-state index contributed by atoms with van der Waals surface area (Å²) in [7, 11) is -1.99. The van der Waals surface area contributed by atoms with Crippen LogP contribution in [0.5, 0.6) is 0 Å². The van der Waals surface area contributed by atoms with E-state index < -0.39 is 21.8 Å². The summed E-state index contributed by atoms with van der Waals surface area (Å²) in [4.78, 5) is 26.7. The number of hydrogen-bond donors (Lipinski definition) is 1. The number of methoxy groups -OCH3 is 1. The van der Waals surface area contributed by atoms with E-state index in [0.29, 0.717) is 42.3 Å². The number of halogens is 1. The zero-order valence-electron chi connectivity index (χ0n) is 16.6. The standard InChI is InChI=1S/C19H22FN3O5S2/c1-28-19(25)17-15(13-3-5-14(20)6-4-13)12-29-18(17)21-16(24)11-22-7-9-23(10-8-22)30(2,26)27/h3-6,12H,7-11H2,1-2H3,(H,21,24). The summed E-state index contributed by atoms with van der Waals surface area (Å²) >= 11 is 1.18. The molecule has 11 heteroatoms. The molecular formula is C19H22FN3O5S2. The Kier molecular flexibility index (Phi) is 6.86. The molecule has 0 atom stereocenters. The van der Waals surface area contributed by atoms with Crippen LogP contribution >= 0.6 is 11.3 Å². The number of thiophene rings is 1. The van der Waals surface area contributed by atoms with Gasteiger partial charge in [0.25, 0.3) is 0 Å². The number of piperazine rings is 1. The van der Waals surface area contributed by atoms with Gasteiger partial charge in [0.2, 0.25) is 15.9 Å². The van der Waals surface area contributed by atoms with Crippen molar-refractivity contribution in [1.29, 1.82) is 0 Å². The van der Waals surface area contributed by atoms with Gasteiger partial charge in [-0.1, -0.05) is 12.1 Å². The third-order valence-electron chi connectivity index (χ3n) is 4.76. The van der Waals surface area contributed by atoms with Crippen molar-refractivity contribution in [2.45, 2.75) is 0 Å². The number of carbonyl (C=O) groups excluding carboxylic acids is 2. The molecule has 0 saturated carbocycles. The Hall–Kier alpha value is -2.34. The fraction of sp³-hybridized carbons (Fsp3) is 0.368. The van der Waals surface area contributed by atoms with Gasteiger partial charge in [0.15, 0.2) is 0 Å². The number of carbonyl (C=O) groups is 2. The summed E-state index contributed by atoms with van der Waals surface area (Å²) in [6.45, 7) is 1.60. The lowest BCUT2D eigenvalue weighted by atomic mass is 10.0. The maximum absolute atomic E-state index is 13.2. The molecule has 30 heavy (non-hydrogen) atoms. The van der Waals surface area contributed by atoms with E-state index in [1.807, 2.05) is 4.90 Å². The second-order valence-corrected chi connectivity index (χ2v) is 9.70. The highest BCUT2D eigenvalue weighted by molar-refractivity contribution is 7.88. The highest BCUT2D eigenvalue weighted by Crippen LogP contribution is 2.36. The summed E-state index contributed by atoms with van der Waals surface area (Å²) in [6, 6.07) is 5.69. The molecule has 1 aliphatic heterocycles. The van der Waals surface area contributed by atoms with Gasteiger partial charge in [-0.2, -0.15) is 4.31 Å². The Morgan fingerprint density at radius 1 is 1.17 bits per heavy atom. The Balaban J connectivity index is 1.71. The molecule has 0 bridgehead atoms. The zero-order valence-corrected chi connectivity index (χ0v) is 18.2. The van der Waals surface area contributed by atoms with E-state index in [-0.39, 0.29) is 18.0 Å². The average Bonchev–Trinajstić information content (AvgIpc) is 3.11. The van der Waals surface area contributed by atoms with E-state index in [0.717, 1.165) is 0 Å². The number of benzene rings is 1. The van der Waals surface area contributed by atoms with E-state index in [9.17, 15) is 22.4 Å². The molecule has 0 unspecified atom stereocenters. The lowest BCUT2D eigenvalue weighted by molar-refractivity contribution is -0.117. The van der Waals surface area contributed by atoms with Crippen molar-refractivity contribution >= 4 is 38.2 Å². The molecule has 1 aliphatic rings. The summed E-state index contributed by atoms with van der Waals surface area (Å²) in [5.74, 6) is -1.31. The quantitative estimate of drug-likeness (QED) is 0.668. The molecule has 2 aromatic rings. The molecule has 0 spiro atoms. The molecule has 0 radical (unpaired) electrons. The van der Waals surface area contributed by atoms with Gasteiger partial charge < -0.3 is 10.1 Å². The van der Waals surface area contributed by atoms with Crippen molar-refractivity contribution in [3.05, 3.63) is 41.0 Å². The van der Waals surface area contributed by atoms with Crippen molar-refractivity contribution < 1.29 is 27.1 Å². The second-order valence-electron chi connectivity index (χ2n) is 6.84. The normalized spacial score (nSPS) is 15.7. The number of amides is 1. The van der Waals surface area contributed by atoms with Gasteiger partial charge in [-0.25, -0.2) is 17.6 Å². The van der Waals surface area contributed by atoms with Crippen molar-refractivity contribution in [2.75, 3.05) is 51.4 Å². The Morgan fingerprint density at radius 3 is 2.37 bits per heavy atom. The van der Waals surface area contributed by atoms with Crippen LogP contribution in [0.2, 0.25) is 0 Å². The summed E-state index contributed by atoms with van der Waals surface area (Å²) in [5, 5.41) is 4.80. The summed E-state index contributed by atoms with van der Waals surface area (Å²) < 4.78 is 42.7. The number of sulfonamides is 1. The fourth-order valence-electron chi connectivity index (χ4n) is 3.19. The van der Waals surface area contributed by atoms with Gasteiger partial charge in [-0.05, 0) is 17.7 Å². The van der Waals surface area contributed by atoms with Gasteiger partial charge in [-0.3, -0.25) is 9.69 Å². The van der Waals surface area contributed by atoms with E-state index in [2.05, 4.69) is 5.32 Å². The van der Waals surface area contributed by atoms with E-state index >= 15 is 0 Å². The monoisotopic (exact) mass is 455 g/mol. The van der Waals surface area contributed by atoms with E-state index in [4.69, 9.17) is 4.74 Å². The third-order valence-corrected chi connectivity index (χ3v) is 6.95. The molecule has 1 fully saturated rings. The molecule has 1 saturated heterocycles. The van der Waals surface area contributed by atoms with Gasteiger partial charge in [-0.15, -0.1) is 11.3 Å². The molecule has 1 aromatic carbocycles. The SMILES string of the molecule is COC(=O)c1c(-c2ccc(F)cc2)csc1NC(=O)CN1CCN(S(C)(=O)=O)CC1. The van der Waals surface area contributed by atoms with Crippen LogP contribution in [-0.2, 0) is 19.6 Å². The maximum atomic E-state index is 13.2. The van der Waals surface area contributed by atoms with Crippen molar-refractivity contribution in [3.8, 4) is 11.1 Å². The van der Waals surface area contributed by atoms with Crippen molar-refractivity contribution in [2.24, 2.45) is 0 Å². The minimum atomic E-state index is -3.24. The first kappa shape index (κ1) is 22.3. The van der Waals surface area contributed by atoms with Crippen LogP contribution in [0.15, 0.2) is 29.6 Å². The van der Waals surface area contributed by atoms with Gasteiger partial charge >= 0.3 is 5.97 Å². The minimum Gasteiger partial charge on any atom is -0.465 e. The Labute approximate surface area is 178 Å². The van der Waals surface area contributed by atoms with Gasteiger partial charge in [0, 0.05) is 37.1 Å². The first-order valence-corrected chi connectivity index (χ1v) is 11.8. The second kappa shape index (κ2) is 9.21. The van der Waals surface area contributed by atoms with Gasteiger partial charge in [0.05, 0.1) is 19.9 Å². The number of rotatable bonds is 6. The van der Waals surface area contributed by atoms with E-state index in [1.165, 1.54) is 41.1 Å². The number of nitrogens with one attached hydrogen (secondary N) is 1. The maximum Gasteiger partial charge on any atom is 0.341 e. The Bertz CT molecular complexity index is 1030. The fourth-order valence-corrected chi connectivity index (χ4v) is 4.99. The van der Waals surface area contributed by atoms with Crippen LogP contribution in [0.25, 0.3) is 11.1 Å². The highest BCUT2D eigenvalue weighted by atomic mass is 32.2. The molecule has 3 rings (SSSR count). The first-order valence-electron chi connectivity index (χ1n) is 9.12. The van der Waals surface area contributed by atoms with Crippen LogP contribution in [0.3, 0.4) is 0 Å². The molecule has 1 aromatic heterocycles. The number of anilines is 1. The zero-order chi connectivity index (χ0) is 21.9. The van der Waals surface area contributed by atoms with Crippen molar-refractivity contribution in [3.63, 3.8) is 0 Å². The van der Waals surface area contributed by atoms with Gasteiger partial charge in [0.1, 0.15) is 16.4 Å². The van der Waals surface area contributed by atoms with E-state index in [1.54, 1.807) is 17.5 Å². The molecule has 8 nitrogen and oxygen atoms in total. The third kappa shape index (κ3) is 5.22. The predicted molar refractivity (Wildman–Crippen MR) is 113 cm³/mol. The van der Waals surface area contributed by atoms with Crippen LogP contribution in [-0.4, -0.2) is 75.6 Å². The van der Waals surface area contributed by atoms with Crippen molar-refractivity contribution in [1.82, 2.24) is 9.21 Å². The molecule has 1 amide bonds. The smallest absolute Gasteiger partial charge is 0.341 e. The minimum absolute atomic E-state index is 0.0714. The van der Waals surface area contributed by atoms with Crippen LogP contribution < -0.4 is 5.32 Å². The topological polar surface area (TPSA) is 96.0 Å². The summed E-state index contributed by atoms with van der Waals surface area (Å²) in [5.41, 5.74) is 1.39. The summed E-state index contributed by atoms with van der Waals surface area (Å²) in [6.07, 6.45) is 1.17. The number of ether oxygens (including phenoxy) is 1.